The van der Waals surface area contributed by atoms with Crippen molar-refractivity contribution in [2.45, 2.75) is 76.5 Å². The SMILES string of the molecule is CCNC(=O)[C@@]1(OCc2cccc(Cl)c2)CC(OCc2c(F)cccc2F)[C@@H]2OC(C)(C)O[C@@H]2C1. The third-order valence-corrected chi connectivity index (χ3v) is 6.54. The van der Waals surface area contributed by atoms with E-state index in [4.69, 9.17) is 30.5 Å². The summed E-state index contributed by atoms with van der Waals surface area (Å²) in [5.41, 5.74) is -0.684. The van der Waals surface area contributed by atoms with Gasteiger partial charge in [-0.15, -0.1) is 0 Å². The van der Waals surface area contributed by atoms with Crippen LogP contribution in [0.3, 0.4) is 0 Å². The molecule has 4 atom stereocenters. The Morgan fingerprint density at radius 1 is 1.11 bits per heavy atom. The molecule has 1 N–H and O–H groups in total. The highest BCUT2D eigenvalue weighted by molar-refractivity contribution is 6.30. The van der Waals surface area contributed by atoms with Crippen molar-refractivity contribution in [3.63, 3.8) is 0 Å². The maximum absolute atomic E-state index is 14.2. The lowest BCUT2D eigenvalue weighted by molar-refractivity contribution is -0.183. The second kappa shape index (κ2) is 10.5. The normalized spacial score (nSPS) is 27.4. The highest BCUT2D eigenvalue weighted by atomic mass is 35.5. The number of halogens is 3. The first kappa shape index (κ1) is 26.0. The maximum Gasteiger partial charge on any atom is 0.252 e. The van der Waals surface area contributed by atoms with Crippen LogP contribution in [-0.4, -0.2) is 42.2 Å². The number of benzene rings is 2. The summed E-state index contributed by atoms with van der Waals surface area (Å²) in [6.07, 6.45) is -1.40. The molecule has 35 heavy (non-hydrogen) atoms. The van der Waals surface area contributed by atoms with E-state index in [1.807, 2.05) is 19.1 Å². The molecular formula is C26H30ClF2NO5. The highest BCUT2D eigenvalue weighted by Gasteiger charge is 2.58. The fraction of sp³-hybridized carbons (Fsp3) is 0.500. The third-order valence-electron chi connectivity index (χ3n) is 6.31. The summed E-state index contributed by atoms with van der Waals surface area (Å²) in [4.78, 5) is 13.4. The largest absolute Gasteiger partial charge is 0.370 e. The Balaban J connectivity index is 1.62. The number of rotatable bonds is 8. The standard InChI is InChI=1S/C26H30ClF2NO5/c1-4-30-24(31)26(33-14-16-7-5-8-17(27)11-16)12-21(23-22(13-26)34-25(2,3)35-23)32-15-18-19(28)9-6-10-20(18)29/h5-11,21-23H,4,12-15H2,1-3H3,(H,30,31)/t21?,22-,23+,26-/m1/s1. The molecule has 0 spiro atoms. The molecule has 0 radical (unpaired) electrons. The Kier molecular flexibility index (Phi) is 7.78. The molecule has 1 amide bonds. The van der Waals surface area contributed by atoms with Crippen molar-refractivity contribution in [1.29, 1.82) is 0 Å². The molecule has 2 fully saturated rings. The minimum absolute atomic E-state index is 0.121. The summed E-state index contributed by atoms with van der Waals surface area (Å²) in [5.74, 6) is -2.62. The van der Waals surface area contributed by atoms with Gasteiger partial charge in [0, 0.05) is 30.0 Å². The van der Waals surface area contributed by atoms with Crippen molar-refractivity contribution in [2.75, 3.05) is 6.54 Å². The van der Waals surface area contributed by atoms with Gasteiger partial charge < -0.3 is 24.3 Å². The van der Waals surface area contributed by atoms with E-state index in [-0.39, 0.29) is 37.5 Å². The highest BCUT2D eigenvalue weighted by Crippen LogP contribution is 2.44. The van der Waals surface area contributed by atoms with Crippen molar-refractivity contribution in [2.24, 2.45) is 0 Å². The van der Waals surface area contributed by atoms with Crippen LogP contribution in [0.5, 0.6) is 0 Å². The molecule has 1 aliphatic heterocycles. The van der Waals surface area contributed by atoms with Crippen molar-refractivity contribution < 1.29 is 32.5 Å². The van der Waals surface area contributed by atoms with Gasteiger partial charge in [-0.25, -0.2) is 8.78 Å². The third kappa shape index (κ3) is 5.84. The predicted octanol–water partition coefficient (Wildman–Crippen LogP) is 4.91. The minimum Gasteiger partial charge on any atom is -0.370 e. The van der Waals surface area contributed by atoms with E-state index in [0.29, 0.717) is 11.6 Å². The predicted molar refractivity (Wildman–Crippen MR) is 126 cm³/mol. The van der Waals surface area contributed by atoms with Gasteiger partial charge in [0.25, 0.3) is 5.91 Å². The van der Waals surface area contributed by atoms with E-state index in [2.05, 4.69) is 5.32 Å². The van der Waals surface area contributed by atoms with Crippen molar-refractivity contribution in [1.82, 2.24) is 5.32 Å². The molecule has 0 aromatic heterocycles. The van der Waals surface area contributed by atoms with Gasteiger partial charge >= 0.3 is 0 Å². The van der Waals surface area contributed by atoms with Crippen LogP contribution in [0.4, 0.5) is 8.78 Å². The molecule has 190 valence electrons. The first-order valence-electron chi connectivity index (χ1n) is 11.7. The fourth-order valence-corrected chi connectivity index (χ4v) is 4.95. The van der Waals surface area contributed by atoms with Crippen LogP contribution in [0.15, 0.2) is 42.5 Å². The molecule has 4 rings (SSSR count). The number of carbonyl (C=O) groups is 1. The lowest BCUT2D eigenvalue weighted by atomic mass is 9.78. The summed E-state index contributed by atoms with van der Waals surface area (Å²) in [6.45, 7) is 5.59. The van der Waals surface area contributed by atoms with Crippen LogP contribution < -0.4 is 5.32 Å². The van der Waals surface area contributed by atoms with E-state index >= 15 is 0 Å². The number of hydrogen-bond donors (Lipinski definition) is 1. The van der Waals surface area contributed by atoms with Gasteiger partial charge in [-0.2, -0.15) is 0 Å². The Labute approximate surface area is 208 Å². The van der Waals surface area contributed by atoms with Gasteiger partial charge in [0.1, 0.15) is 17.7 Å². The molecule has 0 bridgehead atoms. The molecular weight excluding hydrogens is 480 g/mol. The van der Waals surface area contributed by atoms with Crippen LogP contribution in [-0.2, 0) is 37.0 Å². The molecule has 1 aliphatic carbocycles. The van der Waals surface area contributed by atoms with Crippen molar-refractivity contribution in [3.05, 3.63) is 70.2 Å². The van der Waals surface area contributed by atoms with E-state index in [9.17, 15) is 13.6 Å². The number of hydrogen-bond acceptors (Lipinski definition) is 5. The molecule has 2 aromatic rings. The average molecular weight is 510 g/mol. The first-order chi connectivity index (χ1) is 16.6. The Morgan fingerprint density at radius 2 is 1.83 bits per heavy atom. The fourth-order valence-electron chi connectivity index (χ4n) is 4.74. The molecule has 1 heterocycles. The quantitative estimate of drug-likeness (QED) is 0.548. The van der Waals surface area contributed by atoms with Gasteiger partial charge in [-0.3, -0.25) is 4.79 Å². The van der Waals surface area contributed by atoms with Crippen LogP contribution in [0.2, 0.25) is 5.02 Å². The van der Waals surface area contributed by atoms with Crippen LogP contribution >= 0.6 is 11.6 Å². The molecule has 2 aliphatic rings. The van der Waals surface area contributed by atoms with E-state index in [0.717, 1.165) is 5.56 Å². The number of ether oxygens (including phenoxy) is 4. The van der Waals surface area contributed by atoms with Gasteiger partial charge in [0.15, 0.2) is 11.4 Å². The van der Waals surface area contributed by atoms with Crippen LogP contribution in [0, 0.1) is 11.6 Å². The molecule has 1 saturated carbocycles. The minimum atomic E-state index is -1.30. The number of nitrogens with one attached hydrogen (secondary N) is 1. The van der Waals surface area contributed by atoms with Gasteiger partial charge in [-0.1, -0.05) is 29.8 Å². The summed E-state index contributed by atoms with van der Waals surface area (Å²) in [7, 11) is 0. The van der Waals surface area contributed by atoms with E-state index < -0.39 is 41.3 Å². The van der Waals surface area contributed by atoms with Gasteiger partial charge in [0.05, 0.1) is 25.4 Å². The Bertz CT molecular complexity index is 1050. The summed E-state index contributed by atoms with van der Waals surface area (Å²) >= 11 is 6.11. The maximum atomic E-state index is 14.2. The number of likely N-dealkylation sites (N-methyl/N-ethyl adjacent to an activating group) is 1. The van der Waals surface area contributed by atoms with Crippen molar-refractivity contribution in [3.8, 4) is 0 Å². The first-order valence-corrected chi connectivity index (χ1v) is 12.1. The zero-order chi connectivity index (χ0) is 25.2. The Morgan fingerprint density at radius 3 is 2.51 bits per heavy atom. The zero-order valence-corrected chi connectivity index (χ0v) is 20.7. The van der Waals surface area contributed by atoms with Crippen LogP contribution in [0.1, 0.15) is 44.7 Å². The number of carbonyl (C=O) groups excluding carboxylic acids is 1. The lowest BCUT2D eigenvalue weighted by Gasteiger charge is -2.43. The smallest absolute Gasteiger partial charge is 0.252 e. The summed E-state index contributed by atoms with van der Waals surface area (Å²) in [5, 5.41) is 3.41. The second-order valence-corrected chi connectivity index (χ2v) is 9.81. The topological polar surface area (TPSA) is 66.0 Å². The molecule has 1 saturated heterocycles. The lowest BCUT2D eigenvalue weighted by Crippen LogP contribution is -2.60. The Hall–Kier alpha value is -2.10. The molecule has 1 unspecified atom stereocenters. The van der Waals surface area contributed by atoms with Crippen molar-refractivity contribution >= 4 is 17.5 Å². The molecule has 6 nitrogen and oxygen atoms in total. The monoisotopic (exact) mass is 509 g/mol. The van der Waals surface area contributed by atoms with Gasteiger partial charge in [0.2, 0.25) is 0 Å². The van der Waals surface area contributed by atoms with E-state index in [1.54, 1.807) is 26.0 Å². The van der Waals surface area contributed by atoms with E-state index in [1.165, 1.54) is 18.2 Å². The zero-order valence-electron chi connectivity index (χ0n) is 20.0. The second-order valence-electron chi connectivity index (χ2n) is 9.37. The average Bonchev–Trinajstić information content (AvgIpc) is 3.11. The summed E-state index contributed by atoms with van der Waals surface area (Å²) < 4.78 is 53.0. The molecule has 2 aromatic carbocycles. The molecule has 9 heteroatoms. The summed E-state index contributed by atoms with van der Waals surface area (Å²) in [6, 6.07) is 10.8. The van der Waals surface area contributed by atoms with Gasteiger partial charge in [-0.05, 0) is 50.6 Å². The number of fused-ring (bicyclic) bond motifs is 1. The van der Waals surface area contributed by atoms with Crippen LogP contribution in [0.25, 0.3) is 0 Å². The number of amides is 1.